The summed E-state index contributed by atoms with van der Waals surface area (Å²) in [5.74, 6) is -3.43. The van der Waals surface area contributed by atoms with E-state index in [-0.39, 0.29) is 15.4 Å². The summed E-state index contributed by atoms with van der Waals surface area (Å²) in [4.78, 5) is 10.4. The number of aliphatic carboxylic acids is 1. The van der Waals surface area contributed by atoms with Crippen molar-refractivity contribution in [1.29, 1.82) is 0 Å². The Labute approximate surface area is 174 Å². The first-order chi connectivity index (χ1) is 14.5. The number of hydrogen-bond donors (Lipinski definition) is 1. The number of rotatable bonds is 6. The molecule has 0 atom stereocenters. The Morgan fingerprint density at radius 2 is 1.61 bits per heavy atom. The highest BCUT2D eigenvalue weighted by molar-refractivity contribution is 7.91. The maximum atomic E-state index is 14.5. The highest BCUT2D eigenvalue weighted by Gasteiger charge is 2.32. The van der Waals surface area contributed by atoms with E-state index in [9.17, 15) is 30.8 Å². The van der Waals surface area contributed by atoms with Gasteiger partial charge in [0, 0.05) is 0 Å². The van der Waals surface area contributed by atoms with Crippen molar-refractivity contribution < 1.29 is 40.6 Å². The van der Waals surface area contributed by atoms with Gasteiger partial charge in [-0.1, -0.05) is 18.2 Å². The van der Waals surface area contributed by atoms with Crippen molar-refractivity contribution in [2.24, 2.45) is 0 Å². The second-order valence-corrected chi connectivity index (χ2v) is 8.39. The fraction of sp³-hybridized carbons (Fsp3) is 0.0952. The minimum Gasteiger partial charge on any atom is -0.481 e. The minimum atomic E-state index is -4.78. The third-order valence-corrected chi connectivity index (χ3v) is 5.91. The molecular weight excluding hydrogens is 440 g/mol. The van der Waals surface area contributed by atoms with Crippen LogP contribution < -0.4 is 4.74 Å². The monoisotopic (exact) mass is 454 g/mol. The van der Waals surface area contributed by atoms with Gasteiger partial charge in [-0.3, -0.25) is 4.79 Å². The zero-order chi connectivity index (χ0) is 22.8. The first-order valence-corrected chi connectivity index (χ1v) is 10.2. The molecule has 0 spiro atoms. The van der Waals surface area contributed by atoms with E-state index >= 15 is 0 Å². The lowest BCUT2D eigenvalue weighted by atomic mass is 10.1. The van der Waals surface area contributed by atoms with Crippen LogP contribution in [0, 0.1) is 5.82 Å². The first kappa shape index (κ1) is 22.3. The van der Waals surface area contributed by atoms with E-state index in [4.69, 9.17) is 9.84 Å². The van der Waals surface area contributed by atoms with Gasteiger partial charge in [-0.05, 0) is 54.1 Å². The molecule has 5 nitrogen and oxygen atoms in total. The largest absolute Gasteiger partial charge is 0.481 e. The molecule has 162 valence electrons. The Hall–Kier alpha value is -3.40. The highest BCUT2D eigenvalue weighted by Crippen LogP contribution is 2.35. The topological polar surface area (TPSA) is 80.7 Å². The van der Waals surface area contributed by atoms with Crippen LogP contribution in [0.4, 0.5) is 17.6 Å². The molecule has 0 saturated carbocycles. The summed E-state index contributed by atoms with van der Waals surface area (Å²) < 4.78 is 84.2. The molecule has 1 N–H and O–H groups in total. The summed E-state index contributed by atoms with van der Waals surface area (Å²) in [6, 6.07) is 12.3. The molecular formula is C21H14F4O5S. The molecule has 0 aliphatic rings. The molecule has 0 amide bonds. The smallest absolute Gasteiger partial charge is 0.416 e. The van der Waals surface area contributed by atoms with Gasteiger partial charge in [0.1, 0.15) is 5.75 Å². The molecule has 0 radical (unpaired) electrons. The average molecular weight is 454 g/mol. The molecule has 31 heavy (non-hydrogen) atoms. The van der Waals surface area contributed by atoms with Gasteiger partial charge in [0.25, 0.3) is 0 Å². The van der Waals surface area contributed by atoms with Crippen LogP contribution in [0.3, 0.4) is 0 Å². The van der Waals surface area contributed by atoms with Crippen LogP contribution in [0.15, 0.2) is 76.5 Å². The van der Waals surface area contributed by atoms with Crippen molar-refractivity contribution in [1.82, 2.24) is 0 Å². The van der Waals surface area contributed by atoms with Gasteiger partial charge in [-0.15, -0.1) is 0 Å². The quantitative estimate of drug-likeness (QED) is 0.525. The van der Waals surface area contributed by atoms with Gasteiger partial charge in [0.15, 0.2) is 11.6 Å². The predicted molar refractivity (Wildman–Crippen MR) is 101 cm³/mol. The molecule has 0 aromatic heterocycles. The molecule has 3 rings (SSSR count). The summed E-state index contributed by atoms with van der Waals surface area (Å²) >= 11 is 0. The summed E-state index contributed by atoms with van der Waals surface area (Å²) in [5.41, 5.74) is -1.36. The number of benzene rings is 3. The van der Waals surface area contributed by atoms with Crippen molar-refractivity contribution in [3.05, 3.63) is 83.7 Å². The molecule has 0 saturated heterocycles. The number of carboxylic acid groups (broad SMARTS) is 1. The van der Waals surface area contributed by atoms with Crippen LogP contribution in [-0.2, 0) is 27.2 Å². The molecule has 0 bridgehead atoms. The molecule has 0 aliphatic heterocycles. The van der Waals surface area contributed by atoms with Crippen LogP contribution in [0.2, 0.25) is 0 Å². The van der Waals surface area contributed by atoms with Crippen LogP contribution >= 0.6 is 0 Å². The number of carbonyl (C=O) groups is 1. The van der Waals surface area contributed by atoms with E-state index in [1.165, 1.54) is 24.3 Å². The average Bonchev–Trinajstić information content (AvgIpc) is 2.69. The van der Waals surface area contributed by atoms with E-state index in [0.29, 0.717) is 18.2 Å². The third kappa shape index (κ3) is 5.21. The maximum Gasteiger partial charge on any atom is 0.416 e. The van der Waals surface area contributed by atoms with Crippen LogP contribution in [0.5, 0.6) is 11.5 Å². The van der Waals surface area contributed by atoms with Crippen molar-refractivity contribution in [2.45, 2.75) is 22.4 Å². The number of hydrogen-bond acceptors (Lipinski definition) is 4. The van der Waals surface area contributed by atoms with Crippen molar-refractivity contribution in [3.8, 4) is 11.5 Å². The van der Waals surface area contributed by atoms with Crippen LogP contribution in [-0.4, -0.2) is 19.5 Å². The van der Waals surface area contributed by atoms with E-state index in [1.807, 2.05) is 0 Å². The lowest BCUT2D eigenvalue weighted by Gasteiger charge is -2.13. The molecule has 0 fully saturated rings. The summed E-state index contributed by atoms with van der Waals surface area (Å²) in [6.07, 6.45) is -5.48. The molecule has 0 aliphatic carbocycles. The lowest BCUT2D eigenvalue weighted by Crippen LogP contribution is -2.08. The summed E-state index contributed by atoms with van der Waals surface area (Å²) in [6.45, 7) is 0. The maximum absolute atomic E-state index is 14.5. The zero-order valence-electron chi connectivity index (χ0n) is 15.6. The van der Waals surface area contributed by atoms with Crippen molar-refractivity contribution >= 4 is 15.8 Å². The van der Waals surface area contributed by atoms with Gasteiger partial charge in [0.2, 0.25) is 9.84 Å². The Kier molecular flexibility index (Phi) is 6.03. The van der Waals surface area contributed by atoms with E-state index in [1.54, 1.807) is 6.07 Å². The predicted octanol–water partition coefficient (Wildman–Crippen LogP) is 5.10. The van der Waals surface area contributed by atoms with E-state index in [2.05, 4.69) is 0 Å². The van der Waals surface area contributed by atoms with Gasteiger partial charge in [-0.2, -0.15) is 13.2 Å². The molecule has 0 unspecified atom stereocenters. The molecule has 3 aromatic carbocycles. The van der Waals surface area contributed by atoms with Gasteiger partial charge < -0.3 is 9.84 Å². The number of carboxylic acids is 1. The number of sulfone groups is 1. The molecule has 10 heteroatoms. The summed E-state index contributed by atoms with van der Waals surface area (Å²) in [5, 5.41) is 8.85. The number of alkyl halides is 3. The first-order valence-electron chi connectivity index (χ1n) is 8.67. The number of halogens is 4. The van der Waals surface area contributed by atoms with Gasteiger partial charge in [-0.25, -0.2) is 12.8 Å². The number of ether oxygens (including phenoxy) is 1. The Morgan fingerprint density at radius 1 is 0.935 bits per heavy atom. The highest BCUT2D eigenvalue weighted by atomic mass is 32.2. The Morgan fingerprint density at radius 3 is 2.19 bits per heavy atom. The Bertz CT molecular complexity index is 1220. The van der Waals surface area contributed by atoms with Gasteiger partial charge in [0.05, 0.1) is 21.8 Å². The van der Waals surface area contributed by atoms with Crippen LogP contribution in [0.25, 0.3) is 0 Å². The van der Waals surface area contributed by atoms with E-state index < -0.39 is 51.3 Å². The van der Waals surface area contributed by atoms with Crippen molar-refractivity contribution in [2.75, 3.05) is 0 Å². The Balaban J connectivity index is 1.96. The van der Waals surface area contributed by atoms with Crippen LogP contribution in [0.1, 0.15) is 11.1 Å². The normalized spacial score (nSPS) is 11.9. The van der Waals surface area contributed by atoms with Gasteiger partial charge >= 0.3 is 12.1 Å². The standard InChI is InChI=1S/C21H14F4O5S/c22-18-12-17(31(28,29)16-4-2-1-3-5-16)6-7-19(18)30-15-9-13(10-20(26)27)8-14(11-15)21(23,24)25/h1-9,11-12H,10H2,(H,26,27). The fourth-order valence-electron chi connectivity index (χ4n) is 2.75. The van der Waals surface area contributed by atoms with Crippen molar-refractivity contribution in [3.63, 3.8) is 0 Å². The molecule has 0 heterocycles. The fourth-order valence-corrected chi connectivity index (χ4v) is 4.05. The second-order valence-electron chi connectivity index (χ2n) is 6.44. The zero-order valence-corrected chi connectivity index (χ0v) is 16.4. The second kappa shape index (κ2) is 8.38. The SMILES string of the molecule is O=C(O)Cc1cc(Oc2ccc(S(=O)(=O)c3ccccc3)cc2F)cc(C(F)(F)F)c1. The third-order valence-electron chi connectivity index (χ3n) is 4.14. The molecule has 3 aromatic rings. The minimum absolute atomic E-state index is 0.0562. The van der Waals surface area contributed by atoms with E-state index in [0.717, 1.165) is 18.2 Å². The lowest BCUT2D eigenvalue weighted by molar-refractivity contribution is -0.138. The summed E-state index contributed by atoms with van der Waals surface area (Å²) in [7, 11) is -4.01.